The van der Waals surface area contributed by atoms with Gasteiger partial charge < -0.3 is 5.84 Å². The Kier molecular flexibility index (Phi) is 2.37. The fourth-order valence-electron chi connectivity index (χ4n) is 0.790. The second-order valence-corrected chi connectivity index (χ2v) is 1.88. The summed E-state index contributed by atoms with van der Waals surface area (Å²) in [5.41, 5.74) is 0.713. The molecule has 2 rings (SSSR count). The first-order chi connectivity index (χ1) is 4.88. The van der Waals surface area contributed by atoms with Crippen molar-refractivity contribution in [1.29, 1.82) is 0 Å². The van der Waals surface area contributed by atoms with Gasteiger partial charge in [0.2, 0.25) is 0 Å². The Bertz CT molecular complexity index is 319. The van der Waals surface area contributed by atoms with Crippen molar-refractivity contribution in [2.75, 3.05) is 5.84 Å². The number of nitrogen functional groups attached to an aromatic ring is 1. The first kappa shape index (κ1) is 8.37. The van der Waals surface area contributed by atoms with Gasteiger partial charge in [-0.15, -0.1) is 0 Å². The first-order valence-corrected chi connectivity index (χ1v) is 2.76. The molecule has 2 N–H and O–H groups in total. The van der Waals surface area contributed by atoms with E-state index < -0.39 is 0 Å². The van der Waals surface area contributed by atoms with Gasteiger partial charge in [0.1, 0.15) is 18.3 Å². The third-order valence-electron chi connectivity index (χ3n) is 1.24. The summed E-state index contributed by atoms with van der Waals surface area (Å²) in [5.74, 6) is 6.10. The molecule has 5 nitrogen and oxygen atoms in total. The monoisotopic (exact) mass is 340 g/mol. The molecule has 53 valence electrons. The predicted molar refractivity (Wildman–Crippen MR) is 40.3 cm³/mol. The molecule has 0 spiro atoms. The van der Waals surface area contributed by atoms with Gasteiger partial charge in [-0.3, -0.25) is 0 Å². The molecule has 2 aliphatic heterocycles. The van der Waals surface area contributed by atoms with Crippen molar-refractivity contribution in [3.8, 4) is 11.5 Å². The van der Waals surface area contributed by atoms with Gasteiger partial charge in [-0.05, 0) is 0 Å². The van der Waals surface area contributed by atoms with Crippen LogP contribution >= 0.6 is 0 Å². The molecule has 0 atom stereocenters. The molecule has 0 aromatic carbocycles. The quantitative estimate of drug-likeness (QED) is 0.499. The average molecular weight is 340 g/mol. The van der Waals surface area contributed by atoms with Crippen LogP contribution in [0.1, 0.15) is 0 Å². The van der Waals surface area contributed by atoms with E-state index in [0.29, 0.717) is 11.5 Å². The third-order valence-corrected chi connectivity index (χ3v) is 1.24. The molecule has 2 heterocycles. The number of rotatable bonds is 0. The van der Waals surface area contributed by atoms with Gasteiger partial charge in [0.05, 0.1) is 6.20 Å². The van der Waals surface area contributed by atoms with E-state index >= 15 is 0 Å². The molecule has 11 heavy (non-hydrogen) atoms. The summed E-state index contributed by atoms with van der Waals surface area (Å²) < 4.78 is 1.34. The Morgan fingerprint density at radius 1 is 1.36 bits per heavy atom. The van der Waals surface area contributed by atoms with Crippen molar-refractivity contribution >= 4 is 27.3 Å². The number of fused-ring (bicyclic) bond motifs is 1. The molecule has 0 aromatic heterocycles. The molecule has 0 aliphatic carbocycles. The normalized spacial score (nSPS) is 9.45. The Hall–Kier alpha value is -0.728. The zero-order chi connectivity index (χ0) is 6.97. The summed E-state index contributed by atoms with van der Waals surface area (Å²) in [6, 6.07) is 0. The fraction of sp³-hybridized carbons (Fsp3) is 0. The van der Waals surface area contributed by atoms with E-state index in [1.165, 1.54) is 17.3 Å². The second-order valence-electron chi connectivity index (χ2n) is 1.88. The van der Waals surface area contributed by atoms with Crippen LogP contribution in [-0.2, 0) is 0 Å². The number of hydrogen-bond donors (Lipinski definition) is 1. The number of nitrogens with two attached hydrogens (primary N) is 1. The summed E-state index contributed by atoms with van der Waals surface area (Å²) in [6.45, 7) is 0. The van der Waals surface area contributed by atoms with E-state index in [0.717, 1.165) is 0 Å². The zero-order valence-corrected chi connectivity index (χ0v) is 10.2. The topological polar surface area (TPSA) is 69.6 Å². The van der Waals surface area contributed by atoms with Crippen LogP contribution in [0.15, 0.2) is 18.9 Å². The van der Waals surface area contributed by atoms with Gasteiger partial charge in [-0.25, -0.2) is 19.6 Å². The number of imidazole rings is 1. The Morgan fingerprint density at radius 2 is 2.18 bits per heavy atom. The second kappa shape index (κ2) is 3.11. The van der Waals surface area contributed by atoms with Crippen LogP contribution < -0.4 is 5.84 Å². The van der Waals surface area contributed by atoms with Crippen LogP contribution in [0.2, 0.25) is 0 Å². The summed E-state index contributed by atoms with van der Waals surface area (Å²) in [4.78, 5) is 11.6. The molecular weight excluding hydrogens is 334 g/mol. The molecule has 6 heteroatoms. The van der Waals surface area contributed by atoms with Crippen molar-refractivity contribution in [3.05, 3.63) is 18.9 Å². The maximum Gasteiger partial charge on any atom is 0.181 e. The van der Waals surface area contributed by atoms with Crippen LogP contribution in [0.4, 0.5) is 0 Å². The largest absolute Gasteiger partial charge is 0.336 e. The van der Waals surface area contributed by atoms with E-state index in [1.807, 2.05) is 0 Å². The smallest absolute Gasteiger partial charge is 0.181 e. The minimum atomic E-state index is 0. The van der Waals surface area contributed by atoms with Crippen LogP contribution in [0.5, 0.6) is 0 Å². The van der Waals surface area contributed by atoms with Crippen LogP contribution in [0.25, 0.3) is 11.5 Å². The average Bonchev–Trinajstić information content (AvgIpc) is 2.36. The van der Waals surface area contributed by atoms with Crippen molar-refractivity contribution in [1.82, 2.24) is 19.6 Å². The van der Waals surface area contributed by atoms with Crippen molar-refractivity contribution in [3.63, 3.8) is 0 Å². The first-order valence-electron chi connectivity index (χ1n) is 2.76. The number of nitrogens with zero attached hydrogens (tertiary/aromatic N) is 4. The molecular formula is C5H5N5Tl. The van der Waals surface area contributed by atoms with E-state index in [2.05, 4.69) is 15.0 Å². The molecule has 0 amide bonds. The van der Waals surface area contributed by atoms with Crippen LogP contribution in [0, 0.1) is 0 Å². The van der Waals surface area contributed by atoms with Gasteiger partial charge in [0.15, 0.2) is 5.82 Å². The van der Waals surface area contributed by atoms with Crippen molar-refractivity contribution in [2.24, 2.45) is 0 Å². The molecule has 1 radical (unpaired) electrons. The molecule has 0 aromatic rings. The molecule has 2 aliphatic rings. The maximum absolute atomic E-state index is 5.45. The van der Waals surface area contributed by atoms with Gasteiger partial charge in [0.25, 0.3) is 0 Å². The Morgan fingerprint density at radius 3 is 2.91 bits per heavy atom. The van der Waals surface area contributed by atoms with E-state index in [-0.39, 0.29) is 27.3 Å². The Balaban J connectivity index is 0.000000605. The summed E-state index contributed by atoms with van der Waals surface area (Å²) in [5, 5.41) is 0. The van der Waals surface area contributed by atoms with Gasteiger partial charge in [-0.2, -0.15) is 0 Å². The third kappa shape index (κ3) is 1.32. The molecule has 0 unspecified atom stereocenters. The standard InChI is InChI=1S/C5H5N5.Tl/c6-10-3-7-1-4-5(10)9-2-8-4;/h1-3H,6H2;. The van der Waals surface area contributed by atoms with Gasteiger partial charge in [-0.1, -0.05) is 0 Å². The van der Waals surface area contributed by atoms with E-state index in [4.69, 9.17) is 5.84 Å². The van der Waals surface area contributed by atoms with Gasteiger partial charge in [0, 0.05) is 27.3 Å². The molecule has 0 saturated carbocycles. The van der Waals surface area contributed by atoms with Crippen molar-refractivity contribution in [2.45, 2.75) is 0 Å². The summed E-state index contributed by atoms with van der Waals surface area (Å²) in [6.07, 6.45) is 4.55. The fourth-order valence-corrected chi connectivity index (χ4v) is 0.790. The Labute approximate surface area is 83.1 Å². The zero-order valence-electron chi connectivity index (χ0n) is 5.68. The minimum absolute atomic E-state index is 0. The predicted octanol–water partition coefficient (Wildman–Crippen LogP) is -0.889. The van der Waals surface area contributed by atoms with Gasteiger partial charge >= 0.3 is 0 Å². The SMILES string of the molecule is Nn1cncc2ncnc1-2.[Tl]. The maximum atomic E-state index is 5.45. The van der Waals surface area contributed by atoms with Crippen LogP contribution in [0.3, 0.4) is 0 Å². The molecule has 0 fully saturated rings. The number of hydrogen-bond acceptors (Lipinski definition) is 4. The number of aromatic nitrogens is 4. The van der Waals surface area contributed by atoms with Crippen molar-refractivity contribution < 1.29 is 0 Å². The van der Waals surface area contributed by atoms with Crippen LogP contribution in [-0.4, -0.2) is 46.9 Å². The molecule has 0 saturated heterocycles. The molecule has 0 bridgehead atoms. The summed E-state index contributed by atoms with van der Waals surface area (Å²) >= 11 is 0. The minimum Gasteiger partial charge on any atom is -0.336 e. The van der Waals surface area contributed by atoms with E-state index in [9.17, 15) is 0 Å². The van der Waals surface area contributed by atoms with E-state index in [1.54, 1.807) is 6.20 Å². The summed E-state index contributed by atoms with van der Waals surface area (Å²) in [7, 11) is 0.